The quantitative estimate of drug-likeness (QED) is 0.775. The summed E-state index contributed by atoms with van der Waals surface area (Å²) in [5, 5.41) is 13.3. The fraction of sp³-hybridized carbons (Fsp3) is 0.933. The van der Waals surface area contributed by atoms with E-state index in [0.717, 1.165) is 32.6 Å². The number of hydrogen-bond acceptors (Lipinski definition) is 3. The topological polar surface area (TPSA) is 39.1 Å². The highest BCUT2D eigenvalue weighted by Crippen LogP contribution is 2.46. The zero-order valence-corrected chi connectivity index (χ0v) is 12.1. The normalized spacial score (nSPS) is 37.8. The highest BCUT2D eigenvalue weighted by Gasteiger charge is 2.47. The molecule has 0 radical (unpaired) electrons. The molecule has 3 nitrogen and oxygen atoms in total. The van der Waals surface area contributed by atoms with Crippen molar-refractivity contribution in [1.82, 2.24) is 10.2 Å². The van der Waals surface area contributed by atoms with Gasteiger partial charge in [0.1, 0.15) is 5.54 Å². The molecule has 1 saturated heterocycles. The molecule has 1 aliphatic heterocycles. The van der Waals surface area contributed by atoms with E-state index in [2.05, 4.69) is 37.1 Å². The van der Waals surface area contributed by atoms with Gasteiger partial charge >= 0.3 is 0 Å². The van der Waals surface area contributed by atoms with Crippen molar-refractivity contribution in [3.63, 3.8) is 0 Å². The van der Waals surface area contributed by atoms with Crippen molar-refractivity contribution in [1.29, 1.82) is 5.26 Å². The molecule has 102 valence electrons. The van der Waals surface area contributed by atoms with E-state index in [4.69, 9.17) is 0 Å². The van der Waals surface area contributed by atoms with Crippen LogP contribution in [-0.4, -0.2) is 36.6 Å². The standard InChI is InChI=1S/C15H27N3/c1-13-11-14(2,3)5-6-15(13,12-16)18-9-4-7-17-8-10-18/h13,17H,4-11H2,1-3H3. The van der Waals surface area contributed by atoms with Gasteiger partial charge in [0.05, 0.1) is 6.07 Å². The van der Waals surface area contributed by atoms with Gasteiger partial charge in [-0.15, -0.1) is 0 Å². The first-order chi connectivity index (χ1) is 8.50. The van der Waals surface area contributed by atoms with E-state index in [9.17, 15) is 5.26 Å². The van der Waals surface area contributed by atoms with Crippen LogP contribution in [0.2, 0.25) is 0 Å². The van der Waals surface area contributed by atoms with Crippen molar-refractivity contribution in [2.24, 2.45) is 11.3 Å². The lowest BCUT2D eigenvalue weighted by Gasteiger charge is -2.49. The molecule has 0 aromatic rings. The lowest BCUT2D eigenvalue weighted by Crippen LogP contribution is -2.56. The molecule has 1 N–H and O–H groups in total. The lowest BCUT2D eigenvalue weighted by molar-refractivity contribution is 0.0148. The van der Waals surface area contributed by atoms with Gasteiger partial charge in [0.15, 0.2) is 0 Å². The minimum absolute atomic E-state index is 0.207. The van der Waals surface area contributed by atoms with E-state index < -0.39 is 0 Å². The van der Waals surface area contributed by atoms with Crippen molar-refractivity contribution in [2.75, 3.05) is 26.2 Å². The van der Waals surface area contributed by atoms with Gasteiger partial charge in [-0.2, -0.15) is 5.26 Å². The Hall–Kier alpha value is -0.590. The van der Waals surface area contributed by atoms with Crippen molar-refractivity contribution in [3.8, 4) is 6.07 Å². The molecule has 1 aliphatic carbocycles. The molecule has 2 atom stereocenters. The summed E-state index contributed by atoms with van der Waals surface area (Å²) in [6, 6.07) is 2.70. The molecule has 0 bridgehead atoms. The molecule has 0 aromatic heterocycles. The van der Waals surface area contributed by atoms with E-state index >= 15 is 0 Å². The molecular formula is C15H27N3. The predicted octanol–water partition coefficient (Wildman–Crippen LogP) is 2.39. The van der Waals surface area contributed by atoms with Gasteiger partial charge in [0, 0.05) is 19.6 Å². The Kier molecular flexibility index (Phi) is 3.99. The first-order valence-electron chi connectivity index (χ1n) is 7.37. The minimum Gasteiger partial charge on any atom is -0.315 e. The van der Waals surface area contributed by atoms with E-state index in [1.165, 1.54) is 19.3 Å². The zero-order valence-electron chi connectivity index (χ0n) is 12.1. The van der Waals surface area contributed by atoms with Gasteiger partial charge in [-0.25, -0.2) is 0 Å². The van der Waals surface area contributed by atoms with Crippen LogP contribution in [0.3, 0.4) is 0 Å². The van der Waals surface area contributed by atoms with E-state index in [-0.39, 0.29) is 5.54 Å². The molecule has 2 aliphatic rings. The molecule has 2 unspecified atom stereocenters. The second-order valence-corrected chi connectivity index (χ2v) is 6.90. The Bertz CT molecular complexity index is 323. The van der Waals surface area contributed by atoms with Crippen LogP contribution < -0.4 is 5.32 Å². The van der Waals surface area contributed by atoms with Gasteiger partial charge in [-0.3, -0.25) is 4.90 Å². The number of hydrogen-bond donors (Lipinski definition) is 1. The maximum Gasteiger partial charge on any atom is 0.111 e. The Morgan fingerprint density at radius 1 is 1.22 bits per heavy atom. The maximum absolute atomic E-state index is 9.81. The summed E-state index contributed by atoms with van der Waals surface area (Å²) in [6.07, 6.45) is 4.55. The average molecular weight is 249 g/mol. The largest absolute Gasteiger partial charge is 0.315 e. The molecule has 0 amide bonds. The van der Waals surface area contributed by atoms with Gasteiger partial charge in [0.2, 0.25) is 0 Å². The second-order valence-electron chi connectivity index (χ2n) is 6.90. The van der Waals surface area contributed by atoms with Crippen LogP contribution in [0.4, 0.5) is 0 Å². The Morgan fingerprint density at radius 2 is 2.00 bits per heavy atom. The molecule has 0 aromatic carbocycles. The molecule has 1 heterocycles. The molecule has 0 spiro atoms. The monoisotopic (exact) mass is 249 g/mol. The predicted molar refractivity (Wildman–Crippen MR) is 74.2 cm³/mol. The van der Waals surface area contributed by atoms with Crippen molar-refractivity contribution in [2.45, 2.75) is 52.0 Å². The summed E-state index contributed by atoms with van der Waals surface area (Å²) in [7, 11) is 0. The summed E-state index contributed by atoms with van der Waals surface area (Å²) in [4.78, 5) is 2.47. The van der Waals surface area contributed by atoms with Crippen LogP contribution in [0.25, 0.3) is 0 Å². The third kappa shape index (κ3) is 2.55. The van der Waals surface area contributed by atoms with Crippen molar-refractivity contribution < 1.29 is 0 Å². The zero-order chi connectivity index (χ0) is 13.2. The second kappa shape index (κ2) is 5.19. The molecule has 1 saturated carbocycles. The first-order valence-corrected chi connectivity index (χ1v) is 7.37. The van der Waals surface area contributed by atoms with Crippen molar-refractivity contribution in [3.05, 3.63) is 0 Å². The smallest absolute Gasteiger partial charge is 0.111 e. The summed E-state index contributed by atoms with van der Waals surface area (Å²) in [6.45, 7) is 11.2. The molecule has 2 rings (SSSR count). The van der Waals surface area contributed by atoms with Gasteiger partial charge in [-0.05, 0) is 43.6 Å². The van der Waals surface area contributed by atoms with Crippen LogP contribution in [0.5, 0.6) is 0 Å². The lowest BCUT2D eigenvalue weighted by atomic mass is 9.63. The van der Waals surface area contributed by atoms with Gasteiger partial charge in [0.25, 0.3) is 0 Å². The summed E-state index contributed by atoms with van der Waals surface area (Å²) >= 11 is 0. The van der Waals surface area contributed by atoms with Gasteiger partial charge in [-0.1, -0.05) is 20.8 Å². The van der Waals surface area contributed by atoms with E-state index in [0.29, 0.717) is 11.3 Å². The Labute approximate surface area is 112 Å². The highest BCUT2D eigenvalue weighted by molar-refractivity contribution is 5.14. The van der Waals surface area contributed by atoms with Crippen LogP contribution in [0, 0.1) is 22.7 Å². The molecular weight excluding hydrogens is 222 g/mol. The SMILES string of the molecule is CC1CC(C)(C)CCC1(C#N)N1CCCNCC1. The van der Waals surface area contributed by atoms with Crippen LogP contribution in [0.15, 0.2) is 0 Å². The van der Waals surface area contributed by atoms with Gasteiger partial charge < -0.3 is 5.32 Å². The third-order valence-corrected chi connectivity index (χ3v) is 4.95. The fourth-order valence-electron chi connectivity index (χ4n) is 3.83. The molecule has 3 heteroatoms. The van der Waals surface area contributed by atoms with Crippen LogP contribution in [-0.2, 0) is 0 Å². The summed E-state index contributed by atoms with van der Waals surface area (Å²) in [5.74, 6) is 0.476. The summed E-state index contributed by atoms with van der Waals surface area (Å²) in [5.41, 5.74) is 0.200. The number of nitriles is 1. The fourth-order valence-corrected chi connectivity index (χ4v) is 3.83. The Balaban J connectivity index is 2.17. The molecule has 2 fully saturated rings. The summed E-state index contributed by atoms with van der Waals surface area (Å²) < 4.78 is 0. The maximum atomic E-state index is 9.81. The van der Waals surface area contributed by atoms with E-state index in [1.807, 2.05) is 0 Å². The van der Waals surface area contributed by atoms with Crippen LogP contribution >= 0.6 is 0 Å². The number of nitrogens with zero attached hydrogens (tertiary/aromatic N) is 2. The van der Waals surface area contributed by atoms with Crippen molar-refractivity contribution >= 4 is 0 Å². The first kappa shape index (κ1) is 13.8. The number of nitrogens with one attached hydrogen (secondary N) is 1. The number of rotatable bonds is 1. The minimum atomic E-state index is -0.207. The van der Waals surface area contributed by atoms with E-state index in [1.54, 1.807) is 0 Å². The highest BCUT2D eigenvalue weighted by atomic mass is 15.2. The average Bonchev–Trinajstić information content (AvgIpc) is 2.58. The van der Waals surface area contributed by atoms with Crippen LogP contribution in [0.1, 0.15) is 46.5 Å². The Morgan fingerprint density at radius 3 is 2.67 bits per heavy atom. The molecule has 18 heavy (non-hydrogen) atoms. The third-order valence-electron chi connectivity index (χ3n) is 4.95.